The Morgan fingerprint density at radius 2 is 1.05 bits per heavy atom. The second-order valence-electron chi connectivity index (χ2n) is 10.0. The molecular weight excluding hydrogens is 448 g/mol. The molecule has 5 aromatic rings. The van der Waals surface area contributed by atoms with Gasteiger partial charge in [0.15, 0.2) is 0 Å². The fourth-order valence-corrected chi connectivity index (χ4v) is 6.16. The van der Waals surface area contributed by atoms with Crippen molar-refractivity contribution >= 4 is 0 Å². The third kappa shape index (κ3) is 3.82. The molecule has 1 atom stereocenters. The number of rotatable bonds is 5. The fraction of sp³-hybridized carbons (Fsp3) is 0.167. The Kier molecular flexibility index (Phi) is 6.02. The normalized spacial score (nSPS) is 13.9. The molecule has 5 aromatic carbocycles. The molecule has 0 saturated carbocycles. The van der Waals surface area contributed by atoms with Gasteiger partial charge in [0, 0.05) is 5.56 Å². The summed E-state index contributed by atoms with van der Waals surface area (Å²) in [5.41, 5.74) is 15.7. The van der Waals surface area contributed by atoms with Gasteiger partial charge in [-0.1, -0.05) is 123 Å². The van der Waals surface area contributed by atoms with E-state index in [1.165, 1.54) is 55.6 Å². The molecule has 0 saturated heterocycles. The van der Waals surface area contributed by atoms with E-state index in [1.807, 2.05) is 6.07 Å². The van der Waals surface area contributed by atoms with E-state index in [0.29, 0.717) is 0 Å². The van der Waals surface area contributed by atoms with Crippen LogP contribution in [0, 0.1) is 6.92 Å². The van der Waals surface area contributed by atoms with Crippen LogP contribution in [0.3, 0.4) is 0 Å². The third-order valence-electron chi connectivity index (χ3n) is 7.88. The minimum absolute atomic E-state index is 0.638. The highest BCUT2D eigenvalue weighted by Gasteiger charge is 2.35. The summed E-state index contributed by atoms with van der Waals surface area (Å²) in [4.78, 5) is 0. The number of aliphatic hydroxyl groups is 1. The summed E-state index contributed by atoms with van der Waals surface area (Å²) < 4.78 is 0. The molecular formula is C36H32O. The van der Waals surface area contributed by atoms with E-state index in [0.717, 1.165) is 29.5 Å². The van der Waals surface area contributed by atoms with Crippen LogP contribution >= 0.6 is 0 Å². The predicted octanol–water partition coefficient (Wildman–Crippen LogP) is 9.18. The molecule has 0 spiro atoms. The van der Waals surface area contributed by atoms with Gasteiger partial charge in [-0.05, 0) is 81.0 Å². The predicted molar refractivity (Wildman–Crippen MR) is 156 cm³/mol. The molecule has 37 heavy (non-hydrogen) atoms. The highest BCUT2D eigenvalue weighted by molar-refractivity contribution is 5.99. The van der Waals surface area contributed by atoms with Gasteiger partial charge in [0.25, 0.3) is 0 Å². The number of hydrogen-bond acceptors (Lipinski definition) is 1. The van der Waals surface area contributed by atoms with Crippen molar-refractivity contribution < 1.29 is 5.11 Å². The summed E-state index contributed by atoms with van der Waals surface area (Å²) in [5, 5.41) is 11.8. The molecule has 1 aliphatic rings. The van der Waals surface area contributed by atoms with Crippen LogP contribution in [0.2, 0.25) is 0 Å². The summed E-state index contributed by atoms with van der Waals surface area (Å²) in [7, 11) is 0. The van der Waals surface area contributed by atoms with Crippen molar-refractivity contribution in [2.45, 2.75) is 39.7 Å². The van der Waals surface area contributed by atoms with Gasteiger partial charge in [-0.25, -0.2) is 0 Å². The lowest BCUT2D eigenvalue weighted by Crippen LogP contribution is -2.06. The number of benzene rings is 5. The molecule has 0 radical (unpaired) electrons. The topological polar surface area (TPSA) is 20.2 Å². The maximum absolute atomic E-state index is 11.8. The van der Waals surface area contributed by atoms with E-state index in [9.17, 15) is 5.11 Å². The van der Waals surface area contributed by atoms with Crippen LogP contribution in [0.25, 0.3) is 44.5 Å². The van der Waals surface area contributed by atoms with Crippen molar-refractivity contribution in [3.05, 3.63) is 131 Å². The Hall–Kier alpha value is -3.94. The monoisotopic (exact) mass is 480 g/mol. The lowest BCUT2D eigenvalue weighted by Gasteiger charge is -2.25. The Labute approximate surface area is 220 Å². The first kappa shape index (κ1) is 23.5. The number of fused-ring (bicyclic) bond motifs is 3. The van der Waals surface area contributed by atoms with Gasteiger partial charge >= 0.3 is 0 Å². The van der Waals surface area contributed by atoms with E-state index in [1.54, 1.807) is 0 Å². The zero-order chi connectivity index (χ0) is 25.5. The molecule has 1 aliphatic carbocycles. The summed E-state index contributed by atoms with van der Waals surface area (Å²) in [6, 6.07) is 36.7. The smallest absolute Gasteiger partial charge is 0.106 e. The van der Waals surface area contributed by atoms with Gasteiger partial charge in [-0.3, -0.25) is 0 Å². The maximum Gasteiger partial charge on any atom is 0.106 e. The van der Waals surface area contributed by atoms with Crippen LogP contribution in [-0.4, -0.2) is 5.11 Å². The first-order valence-electron chi connectivity index (χ1n) is 13.3. The first-order valence-corrected chi connectivity index (χ1v) is 13.3. The van der Waals surface area contributed by atoms with E-state index >= 15 is 0 Å². The average Bonchev–Trinajstić information content (AvgIpc) is 3.25. The molecule has 1 nitrogen and oxygen atoms in total. The summed E-state index contributed by atoms with van der Waals surface area (Å²) >= 11 is 0. The van der Waals surface area contributed by atoms with Gasteiger partial charge in [0.2, 0.25) is 0 Å². The highest BCUT2D eigenvalue weighted by Crippen LogP contribution is 2.54. The highest BCUT2D eigenvalue weighted by atomic mass is 16.3. The minimum Gasteiger partial charge on any atom is -0.384 e. The number of aliphatic hydroxyl groups excluding tert-OH is 1. The first-order chi connectivity index (χ1) is 18.1. The van der Waals surface area contributed by atoms with Crippen molar-refractivity contribution in [3.63, 3.8) is 0 Å². The quantitative estimate of drug-likeness (QED) is 0.266. The number of hydrogen-bond donors (Lipinski definition) is 1. The molecule has 0 aliphatic heterocycles. The summed E-state index contributed by atoms with van der Waals surface area (Å²) in [5.74, 6) is 0. The molecule has 1 N–H and O–H groups in total. The van der Waals surface area contributed by atoms with E-state index in [-0.39, 0.29) is 0 Å². The van der Waals surface area contributed by atoms with Crippen molar-refractivity contribution in [2.24, 2.45) is 0 Å². The third-order valence-corrected chi connectivity index (χ3v) is 7.88. The van der Waals surface area contributed by atoms with E-state index in [4.69, 9.17) is 0 Å². The second kappa shape index (κ2) is 9.50. The van der Waals surface area contributed by atoms with Crippen molar-refractivity contribution in [1.29, 1.82) is 0 Å². The van der Waals surface area contributed by atoms with Gasteiger partial charge < -0.3 is 5.11 Å². The second-order valence-corrected chi connectivity index (χ2v) is 10.0. The lowest BCUT2D eigenvalue weighted by molar-refractivity contribution is 0.225. The van der Waals surface area contributed by atoms with Gasteiger partial charge in [0.1, 0.15) is 6.10 Å². The molecule has 1 heteroatoms. The Morgan fingerprint density at radius 3 is 1.73 bits per heavy atom. The Bertz CT molecular complexity index is 1580. The minimum atomic E-state index is -0.638. The molecule has 0 heterocycles. The molecule has 1 unspecified atom stereocenters. The molecule has 6 rings (SSSR count). The van der Waals surface area contributed by atoms with E-state index in [2.05, 4.69) is 118 Å². The van der Waals surface area contributed by atoms with Crippen LogP contribution in [0.4, 0.5) is 0 Å². The van der Waals surface area contributed by atoms with Gasteiger partial charge in [-0.2, -0.15) is 0 Å². The molecule has 0 fully saturated rings. The zero-order valence-corrected chi connectivity index (χ0v) is 21.8. The van der Waals surface area contributed by atoms with Crippen LogP contribution in [0.15, 0.2) is 103 Å². The van der Waals surface area contributed by atoms with Crippen LogP contribution in [0.1, 0.15) is 47.8 Å². The van der Waals surface area contributed by atoms with Crippen molar-refractivity contribution in [1.82, 2.24) is 0 Å². The average molecular weight is 481 g/mol. The van der Waals surface area contributed by atoms with Crippen LogP contribution < -0.4 is 0 Å². The van der Waals surface area contributed by atoms with Crippen LogP contribution in [-0.2, 0) is 12.8 Å². The van der Waals surface area contributed by atoms with Crippen molar-refractivity contribution in [3.8, 4) is 44.5 Å². The molecule has 0 bridgehead atoms. The van der Waals surface area contributed by atoms with E-state index < -0.39 is 6.10 Å². The summed E-state index contributed by atoms with van der Waals surface area (Å²) in [6.07, 6.45) is 1.21. The molecule has 182 valence electrons. The Balaban J connectivity index is 1.67. The van der Waals surface area contributed by atoms with Crippen LogP contribution in [0.5, 0.6) is 0 Å². The number of aryl methyl sites for hydroxylation is 1. The fourth-order valence-electron chi connectivity index (χ4n) is 6.16. The zero-order valence-electron chi connectivity index (χ0n) is 21.8. The standard InChI is InChI=1S/C36H32O/c1-4-28-29(5-2)33(26-17-15-23(3)16-18-26)35-34(30-13-9-10-14-31(30)36(35)37)32(28)27-21-19-25(20-22-27)24-11-7-6-8-12-24/h6-22,36-37H,4-5H2,1-3H3. The Morgan fingerprint density at radius 1 is 0.541 bits per heavy atom. The summed E-state index contributed by atoms with van der Waals surface area (Å²) in [6.45, 7) is 6.63. The van der Waals surface area contributed by atoms with Crippen molar-refractivity contribution in [2.75, 3.05) is 0 Å². The molecule has 0 amide bonds. The van der Waals surface area contributed by atoms with Gasteiger partial charge in [0.05, 0.1) is 0 Å². The molecule has 0 aromatic heterocycles. The van der Waals surface area contributed by atoms with Gasteiger partial charge in [-0.15, -0.1) is 0 Å². The lowest BCUT2D eigenvalue weighted by atomic mass is 9.79. The largest absolute Gasteiger partial charge is 0.384 e. The maximum atomic E-state index is 11.8. The SMILES string of the molecule is CCc1c(CC)c(-c2ccc(C)cc2)c2c(c1-c1ccc(-c3ccccc3)cc1)-c1ccccc1C2O.